The van der Waals surface area contributed by atoms with E-state index in [4.69, 9.17) is 9.84 Å². The SMILES string of the molecule is O=C(NCC1(N2CCOCC2)CCCCC1)NC1(CCO)CC1. The predicted molar refractivity (Wildman–Crippen MR) is 88.4 cm³/mol. The second-order valence-corrected chi connectivity index (χ2v) is 7.45. The first kappa shape index (κ1) is 17.0. The fourth-order valence-corrected chi connectivity index (χ4v) is 4.18. The number of nitrogens with zero attached hydrogens (tertiary/aromatic N) is 1. The number of hydrogen-bond acceptors (Lipinski definition) is 4. The van der Waals surface area contributed by atoms with Crippen molar-refractivity contribution in [2.45, 2.75) is 62.4 Å². The molecule has 2 aliphatic carbocycles. The first-order chi connectivity index (χ1) is 11.2. The van der Waals surface area contributed by atoms with Crippen LogP contribution in [0.25, 0.3) is 0 Å². The van der Waals surface area contributed by atoms with Gasteiger partial charge >= 0.3 is 6.03 Å². The molecule has 0 radical (unpaired) electrons. The summed E-state index contributed by atoms with van der Waals surface area (Å²) in [5.41, 5.74) is -0.0371. The molecule has 0 aromatic heterocycles. The lowest BCUT2D eigenvalue weighted by atomic mass is 9.80. The van der Waals surface area contributed by atoms with Crippen LogP contribution >= 0.6 is 0 Å². The molecule has 0 spiro atoms. The number of urea groups is 1. The molecule has 0 unspecified atom stereocenters. The molecule has 2 amide bonds. The molecule has 1 saturated heterocycles. The van der Waals surface area contributed by atoms with Crippen molar-refractivity contribution in [3.8, 4) is 0 Å². The molecular weight excluding hydrogens is 294 g/mol. The van der Waals surface area contributed by atoms with E-state index < -0.39 is 0 Å². The minimum atomic E-state index is -0.141. The summed E-state index contributed by atoms with van der Waals surface area (Å²) in [6.07, 6.45) is 8.74. The number of rotatable bonds is 6. The average Bonchev–Trinajstić information content (AvgIpc) is 3.34. The normalized spacial score (nSPS) is 26.5. The molecule has 6 nitrogen and oxygen atoms in total. The number of aliphatic hydroxyl groups excluding tert-OH is 1. The van der Waals surface area contributed by atoms with E-state index >= 15 is 0 Å². The van der Waals surface area contributed by atoms with Gasteiger partial charge in [-0.1, -0.05) is 19.3 Å². The maximum atomic E-state index is 12.3. The minimum Gasteiger partial charge on any atom is -0.396 e. The van der Waals surface area contributed by atoms with Gasteiger partial charge in [-0.05, 0) is 32.1 Å². The predicted octanol–water partition coefficient (Wildman–Crippen LogP) is 1.24. The fraction of sp³-hybridized carbons (Fsp3) is 0.941. The van der Waals surface area contributed by atoms with Crippen LogP contribution in [0.15, 0.2) is 0 Å². The van der Waals surface area contributed by atoms with Gasteiger partial charge < -0.3 is 20.5 Å². The molecule has 132 valence electrons. The van der Waals surface area contributed by atoms with Gasteiger partial charge in [-0.3, -0.25) is 4.90 Å². The summed E-state index contributed by atoms with van der Waals surface area (Å²) in [5.74, 6) is 0. The smallest absolute Gasteiger partial charge is 0.315 e. The topological polar surface area (TPSA) is 73.8 Å². The highest BCUT2D eigenvalue weighted by atomic mass is 16.5. The van der Waals surface area contributed by atoms with Crippen molar-refractivity contribution in [2.24, 2.45) is 0 Å². The van der Waals surface area contributed by atoms with Crippen LogP contribution in [0.5, 0.6) is 0 Å². The number of amides is 2. The standard InChI is InChI=1S/C17H31N3O3/c21-11-8-16(6-7-16)19-15(22)18-14-17(4-2-1-3-5-17)20-9-12-23-13-10-20/h21H,1-14H2,(H2,18,19,22). The lowest BCUT2D eigenvalue weighted by Gasteiger charge is -2.48. The second kappa shape index (κ2) is 7.36. The van der Waals surface area contributed by atoms with Gasteiger partial charge in [-0.25, -0.2) is 4.79 Å². The van der Waals surface area contributed by atoms with Crippen molar-refractivity contribution < 1.29 is 14.6 Å². The van der Waals surface area contributed by atoms with Gasteiger partial charge in [0.15, 0.2) is 0 Å². The summed E-state index contributed by atoms with van der Waals surface area (Å²) in [5, 5.41) is 15.3. The molecule has 0 aromatic rings. The lowest BCUT2D eigenvalue weighted by Crippen LogP contribution is -2.60. The van der Waals surface area contributed by atoms with Crippen molar-refractivity contribution in [3.63, 3.8) is 0 Å². The highest BCUT2D eigenvalue weighted by Gasteiger charge is 2.44. The van der Waals surface area contributed by atoms with Gasteiger partial charge in [0.25, 0.3) is 0 Å². The number of carbonyl (C=O) groups is 1. The van der Waals surface area contributed by atoms with E-state index in [9.17, 15) is 4.79 Å². The zero-order valence-electron chi connectivity index (χ0n) is 14.1. The van der Waals surface area contributed by atoms with Crippen LogP contribution in [0.4, 0.5) is 4.79 Å². The maximum Gasteiger partial charge on any atom is 0.315 e. The molecule has 0 aromatic carbocycles. The van der Waals surface area contributed by atoms with Crippen LogP contribution in [0.2, 0.25) is 0 Å². The minimum absolute atomic E-state index is 0.0749. The van der Waals surface area contributed by atoms with Crippen LogP contribution in [0, 0.1) is 0 Å². The van der Waals surface area contributed by atoms with Crippen LogP contribution < -0.4 is 10.6 Å². The molecule has 3 aliphatic rings. The van der Waals surface area contributed by atoms with Crippen molar-refractivity contribution >= 4 is 6.03 Å². The molecule has 0 bridgehead atoms. The van der Waals surface area contributed by atoms with Crippen molar-refractivity contribution in [1.29, 1.82) is 0 Å². The Balaban J connectivity index is 1.54. The van der Waals surface area contributed by atoms with E-state index in [1.807, 2.05) is 0 Å². The third-order valence-corrected chi connectivity index (χ3v) is 5.87. The highest BCUT2D eigenvalue weighted by Crippen LogP contribution is 2.38. The van der Waals surface area contributed by atoms with Gasteiger partial charge in [0.1, 0.15) is 0 Å². The summed E-state index contributed by atoms with van der Waals surface area (Å²) < 4.78 is 5.50. The third-order valence-electron chi connectivity index (χ3n) is 5.87. The monoisotopic (exact) mass is 325 g/mol. The Hall–Kier alpha value is -0.850. The van der Waals surface area contributed by atoms with Gasteiger partial charge in [0.05, 0.1) is 13.2 Å². The zero-order valence-corrected chi connectivity index (χ0v) is 14.1. The quantitative estimate of drug-likeness (QED) is 0.687. The molecule has 6 heteroatoms. The summed E-state index contributed by atoms with van der Waals surface area (Å²) in [7, 11) is 0. The largest absolute Gasteiger partial charge is 0.396 e. The summed E-state index contributed by atoms with van der Waals surface area (Å²) >= 11 is 0. The second-order valence-electron chi connectivity index (χ2n) is 7.45. The summed E-state index contributed by atoms with van der Waals surface area (Å²) in [6, 6.07) is -0.0749. The van der Waals surface area contributed by atoms with Gasteiger partial charge in [0.2, 0.25) is 0 Å². The van der Waals surface area contributed by atoms with E-state index in [0.29, 0.717) is 13.0 Å². The highest BCUT2D eigenvalue weighted by molar-refractivity contribution is 5.75. The number of ether oxygens (including phenoxy) is 1. The number of aliphatic hydroxyl groups is 1. The van der Waals surface area contributed by atoms with Gasteiger partial charge in [-0.15, -0.1) is 0 Å². The van der Waals surface area contributed by atoms with Crippen molar-refractivity contribution in [3.05, 3.63) is 0 Å². The van der Waals surface area contributed by atoms with E-state index in [1.165, 1.54) is 19.3 Å². The molecule has 1 heterocycles. The lowest BCUT2D eigenvalue weighted by molar-refractivity contribution is -0.0357. The van der Waals surface area contributed by atoms with Crippen LogP contribution in [0.3, 0.4) is 0 Å². The van der Waals surface area contributed by atoms with Crippen molar-refractivity contribution in [2.75, 3.05) is 39.5 Å². The molecule has 1 aliphatic heterocycles. The maximum absolute atomic E-state index is 12.3. The molecule has 0 atom stereocenters. The Morgan fingerprint density at radius 1 is 1.09 bits per heavy atom. The number of nitrogens with one attached hydrogen (secondary N) is 2. The average molecular weight is 325 g/mol. The fourth-order valence-electron chi connectivity index (χ4n) is 4.18. The number of hydrogen-bond donors (Lipinski definition) is 3. The van der Waals surface area contributed by atoms with Gasteiger partial charge in [0, 0.05) is 37.3 Å². The molecule has 3 fully saturated rings. The first-order valence-corrected chi connectivity index (χ1v) is 9.18. The Bertz CT molecular complexity index is 400. The van der Waals surface area contributed by atoms with Gasteiger partial charge in [-0.2, -0.15) is 0 Å². The molecule has 2 saturated carbocycles. The van der Waals surface area contributed by atoms with E-state index in [1.54, 1.807) is 0 Å². The number of carbonyl (C=O) groups excluding carboxylic acids is 1. The van der Waals surface area contributed by atoms with E-state index in [-0.39, 0.29) is 23.7 Å². The summed E-state index contributed by atoms with van der Waals surface area (Å²) in [4.78, 5) is 14.8. The van der Waals surface area contributed by atoms with Crippen LogP contribution in [-0.2, 0) is 4.74 Å². The molecule has 3 N–H and O–H groups in total. The Morgan fingerprint density at radius 3 is 2.39 bits per heavy atom. The molecule has 3 rings (SSSR count). The Labute approximate surface area is 138 Å². The molecular formula is C17H31N3O3. The Kier molecular flexibility index (Phi) is 5.44. The Morgan fingerprint density at radius 2 is 1.78 bits per heavy atom. The van der Waals surface area contributed by atoms with E-state index in [0.717, 1.165) is 52.0 Å². The first-order valence-electron chi connectivity index (χ1n) is 9.18. The number of morpholine rings is 1. The van der Waals surface area contributed by atoms with Crippen LogP contribution in [0.1, 0.15) is 51.4 Å². The summed E-state index contributed by atoms with van der Waals surface area (Å²) in [6.45, 7) is 4.39. The molecule has 23 heavy (non-hydrogen) atoms. The van der Waals surface area contributed by atoms with Crippen molar-refractivity contribution in [1.82, 2.24) is 15.5 Å². The third kappa shape index (κ3) is 4.17. The zero-order chi connectivity index (χ0) is 16.2. The van der Waals surface area contributed by atoms with E-state index in [2.05, 4.69) is 15.5 Å². The van der Waals surface area contributed by atoms with Crippen LogP contribution in [-0.4, -0.2) is 66.6 Å².